The second kappa shape index (κ2) is 13.1. The normalized spacial score (nSPS) is 30.1. The van der Waals surface area contributed by atoms with Crippen molar-refractivity contribution in [1.29, 1.82) is 0 Å². The standard InChI is InChI=1S/C32H54N2O2/c35-31(25-13-5-1-6-14-25)33(27-17-9-3-10-18-27)29-21-23-30(24-22-29)34(28-19-11-4-12-20-28)32(36)26-15-7-2-8-16-26/h25-30H,1-24H2. The summed E-state index contributed by atoms with van der Waals surface area (Å²) in [6, 6.07) is 1.79. The molecule has 0 radical (unpaired) electrons. The number of rotatable bonds is 6. The maximum Gasteiger partial charge on any atom is 0.226 e. The van der Waals surface area contributed by atoms with Crippen molar-refractivity contribution in [2.75, 3.05) is 0 Å². The zero-order valence-corrected chi connectivity index (χ0v) is 23.1. The number of nitrogens with zero attached hydrogens (tertiary/aromatic N) is 2. The summed E-state index contributed by atoms with van der Waals surface area (Å²) >= 11 is 0. The van der Waals surface area contributed by atoms with Crippen LogP contribution in [0.3, 0.4) is 0 Å². The minimum absolute atomic E-state index is 0.282. The molecule has 0 atom stereocenters. The lowest BCUT2D eigenvalue weighted by Crippen LogP contribution is -2.55. The van der Waals surface area contributed by atoms with Gasteiger partial charge >= 0.3 is 0 Å². The van der Waals surface area contributed by atoms with E-state index in [1.165, 1.54) is 103 Å². The molecule has 0 aromatic carbocycles. The molecule has 0 bridgehead atoms. The van der Waals surface area contributed by atoms with E-state index < -0.39 is 0 Å². The molecule has 0 N–H and O–H groups in total. The summed E-state index contributed by atoms with van der Waals surface area (Å²) < 4.78 is 0. The third kappa shape index (κ3) is 6.32. The molecule has 5 aliphatic rings. The van der Waals surface area contributed by atoms with E-state index >= 15 is 0 Å². The van der Waals surface area contributed by atoms with Crippen molar-refractivity contribution in [2.24, 2.45) is 11.8 Å². The molecule has 5 fully saturated rings. The Morgan fingerprint density at radius 2 is 0.583 bits per heavy atom. The molecule has 4 nitrogen and oxygen atoms in total. The number of hydrogen-bond acceptors (Lipinski definition) is 2. The first kappa shape index (κ1) is 26.5. The fraction of sp³-hybridized carbons (Fsp3) is 0.938. The van der Waals surface area contributed by atoms with Crippen molar-refractivity contribution in [1.82, 2.24) is 9.80 Å². The van der Waals surface area contributed by atoms with E-state index in [0.717, 1.165) is 51.4 Å². The second-order valence-corrected chi connectivity index (χ2v) is 13.2. The average Bonchev–Trinajstić information content (AvgIpc) is 2.96. The van der Waals surface area contributed by atoms with Gasteiger partial charge in [0.25, 0.3) is 0 Å². The van der Waals surface area contributed by atoms with E-state index in [-0.39, 0.29) is 11.8 Å². The van der Waals surface area contributed by atoms with Gasteiger partial charge in [0.05, 0.1) is 0 Å². The predicted molar refractivity (Wildman–Crippen MR) is 147 cm³/mol. The number of carbonyl (C=O) groups excluding carboxylic acids is 2. The van der Waals surface area contributed by atoms with Crippen molar-refractivity contribution in [2.45, 2.75) is 178 Å². The molecule has 5 aliphatic carbocycles. The van der Waals surface area contributed by atoms with Gasteiger partial charge in [-0.3, -0.25) is 9.59 Å². The summed E-state index contributed by atoms with van der Waals surface area (Å²) in [5.41, 5.74) is 0. The Morgan fingerprint density at radius 3 is 0.889 bits per heavy atom. The first-order valence-corrected chi connectivity index (χ1v) is 16.4. The molecule has 0 aliphatic heterocycles. The van der Waals surface area contributed by atoms with Crippen molar-refractivity contribution < 1.29 is 9.59 Å². The lowest BCUT2D eigenvalue weighted by atomic mass is 9.81. The van der Waals surface area contributed by atoms with Crippen LogP contribution in [0.25, 0.3) is 0 Å². The molecule has 0 saturated heterocycles. The minimum Gasteiger partial charge on any atom is -0.336 e. The summed E-state index contributed by atoms with van der Waals surface area (Å²) in [6.45, 7) is 0. The van der Waals surface area contributed by atoms with Crippen molar-refractivity contribution in [3.05, 3.63) is 0 Å². The second-order valence-electron chi connectivity index (χ2n) is 13.2. The molecule has 5 rings (SSSR count). The monoisotopic (exact) mass is 498 g/mol. The van der Waals surface area contributed by atoms with Crippen LogP contribution in [0.4, 0.5) is 0 Å². The molecule has 36 heavy (non-hydrogen) atoms. The topological polar surface area (TPSA) is 40.6 Å². The highest BCUT2D eigenvalue weighted by atomic mass is 16.2. The van der Waals surface area contributed by atoms with Crippen LogP contribution >= 0.6 is 0 Å². The lowest BCUT2D eigenvalue weighted by molar-refractivity contribution is -0.148. The van der Waals surface area contributed by atoms with Crippen LogP contribution in [0.15, 0.2) is 0 Å². The molecular formula is C32H54N2O2. The largest absolute Gasteiger partial charge is 0.336 e. The summed E-state index contributed by atoms with van der Waals surface area (Å²) in [5, 5.41) is 0. The van der Waals surface area contributed by atoms with Gasteiger partial charge in [-0.05, 0) is 77.0 Å². The molecule has 0 unspecified atom stereocenters. The molecular weight excluding hydrogens is 444 g/mol. The van der Waals surface area contributed by atoms with Crippen LogP contribution in [0, 0.1) is 11.8 Å². The Hall–Kier alpha value is -1.06. The van der Waals surface area contributed by atoms with Crippen molar-refractivity contribution >= 4 is 11.8 Å². The zero-order chi connectivity index (χ0) is 24.7. The van der Waals surface area contributed by atoms with Crippen LogP contribution in [0.1, 0.15) is 154 Å². The number of carbonyl (C=O) groups is 2. The Kier molecular flexibility index (Phi) is 9.69. The van der Waals surface area contributed by atoms with Crippen LogP contribution < -0.4 is 0 Å². The molecule has 5 saturated carbocycles. The van der Waals surface area contributed by atoms with E-state index in [1.807, 2.05) is 0 Å². The predicted octanol–water partition coefficient (Wildman–Crippen LogP) is 7.78. The molecule has 0 spiro atoms. The first-order chi connectivity index (χ1) is 17.7. The Morgan fingerprint density at radius 1 is 0.333 bits per heavy atom. The van der Waals surface area contributed by atoms with Gasteiger partial charge in [-0.2, -0.15) is 0 Å². The van der Waals surface area contributed by atoms with E-state index in [4.69, 9.17) is 0 Å². The molecule has 0 aromatic heterocycles. The van der Waals surface area contributed by atoms with Gasteiger partial charge in [0.1, 0.15) is 0 Å². The van der Waals surface area contributed by atoms with Crippen molar-refractivity contribution in [3.8, 4) is 0 Å². The van der Waals surface area contributed by atoms with Crippen LogP contribution in [-0.2, 0) is 9.59 Å². The molecule has 0 heterocycles. The van der Waals surface area contributed by atoms with Gasteiger partial charge in [0, 0.05) is 36.0 Å². The molecule has 0 aromatic rings. The zero-order valence-electron chi connectivity index (χ0n) is 23.1. The van der Waals surface area contributed by atoms with Crippen LogP contribution in [-0.4, -0.2) is 45.8 Å². The Balaban J connectivity index is 1.27. The fourth-order valence-electron chi connectivity index (χ4n) is 8.77. The summed E-state index contributed by atoms with van der Waals surface area (Å²) in [6.07, 6.45) is 29.2. The Bertz CT molecular complexity index is 631. The van der Waals surface area contributed by atoms with Gasteiger partial charge in [0.2, 0.25) is 11.8 Å². The molecule has 2 amide bonds. The lowest BCUT2D eigenvalue weighted by Gasteiger charge is -2.48. The van der Waals surface area contributed by atoms with E-state index in [1.54, 1.807) is 0 Å². The average molecular weight is 499 g/mol. The summed E-state index contributed by atoms with van der Waals surface area (Å²) in [4.78, 5) is 32.8. The maximum atomic E-state index is 13.9. The Labute approximate surface area is 221 Å². The SMILES string of the molecule is O=C(C1CCCCC1)N(C1CCCCC1)C1CCC(N(C(=O)C2CCCCC2)C2CCCCC2)CC1. The van der Waals surface area contributed by atoms with Crippen LogP contribution in [0.2, 0.25) is 0 Å². The van der Waals surface area contributed by atoms with Gasteiger partial charge in [-0.25, -0.2) is 0 Å². The summed E-state index contributed by atoms with van der Waals surface area (Å²) in [5.74, 6) is 1.58. The number of hydrogen-bond donors (Lipinski definition) is 0. The van der Waals surface area contributed by atoms with Gasteiger partial charge in [-0.1, -0.05) is 77.0 Å². The van der Waals surface area contributed by atoms with Crippen LogP contribution in [0.5, 0.6) is 0 Å². The summed E-state index contributed by atoms with van der Waals surface area (Å²) in [7, 11) is 0. The smallest absolute Gasteiger partial charge is 0.226 e. The highest BCUT2D eigenvalue weighted by molar-refractivity contribution is 5.80. The fourth-order valence-corrected chi connectivity index (χ4v) is 8.77. The number of amides is 2. The molecule has 204 valence electrons. The minimum atomic E-state index is 0.282. The van der Waals surface area contributed by atoms with Gasteiger partial charge < -0.3 is 9.80 Å². The van der Waals surface area contributed by atoms with E-state index in [9.17, 15) is 9.59 Å². The van der Waals surface area contributed by atoms with Gasteiger partial charge in [-0.15, -0.1) is 0 Å². The highest BCUT2D eigenvalue weighted by Gasteiger charge is 2.41. The first-order valence-electron chi connectivity index (χ1n) is 16.4. The maximum absolute atomic E-state index is 13.9. The van der Waals surface area contributed by atoms with Gasteiger partial charge in [0.15, 0.2) is 0 Å². The van der Waals surface area contributed by atoms with E-state index in [0.29, 0.717) is 36.0 Å². The third-order valence-corrected chi connectivity index (χ3v) is 10.8. The molecule has 4 heteroatoms. The third-order valence-electron chi connectivity index (χ3n) is 10.8. The van der Waals surface area contributed by atoms with E-state index in [2.05, 4.69) is 9.80 Å². The van der Waals surface area contributed by atoms with Crippen molar-refractivity contribution in [3.63, 3.8) is 0 Å². The quantitative estimate of drug-likeness (QED) is 0.375. The highest BCUT2D eigenvalue weighted by Crippen LogP contribution is 2.38.